The molecule has 3 rings (SSSR count). The number of aromatic nitrogens is 3. The molecule has 1 N–H and O–H groups in total. The quantitative estimate of drug-likeness (QED) is 0.705. The Bertz CT molecular complexity index is 919. The minimum atomic E-state index is -3.50. The van der Waals surface area contributed by atoms with E-state index in [1.165, 1.54) is 0 Å². The third kappa shape index (κ3) is 4.32. The Kier molecular flexibility index (Phi) is 5.25. The first-order valence-corrected chi connectivity index (χ1v) is 9.59. The summed E-state index contributed by atoms with van der Waals surface area (Å²) in [6.45, 7) is 2.76. The van der Waals surface area contributed by atoms with Crippen LogP contribution in [0.4, 0.5) is 0 Å². The Labute approximate surface area is 147 Å². The summed E-state index contributed by atoms with van der Waals surface area (Å²) < 4.78 is 28.9. The van der Waals surface area contributed by atoms with E-state index in [4.69, 9.17) is 0 Å². The molecule has 2 heterocycles. The molecule has 0 bridgehead atoms. The summed E-state index contributed by atoms with van der Waals surface area (Å²) in [5, 5.41) is 4.45. The molecule has 130 valence electrons. The fraction of sp³-hybridized carbons (Fsp3) is 0.222. The number of rotatable bonds is 7. The van der Waals surface area contributed by atoms with E-state index in [1.54, 1.807) is 29.2 Å². The lowest BCUT2D eigenvalue weighted by Crippen LogP contribution is -2.27. The number of hydrogen-bond donors (Lipinski definition) is 1. The van der Waals surface area contributed by atoms with Gasteiger partial charge in [0.1, 0.15) is 0 Å². The minimum absolute atomic E-state index is 0.273. The maximum atomic E-state index is 12.3. The highest BCUT2D eigenvalue weighted by Crippen LogP contribution is 2.15. The topological polar surface area (TPSA) is 76.9 Å². The van der Waals surface area contributed by atoms with Gasteiger partial charge in [0.2, 0.25) is 10.0 Å². The molecule has 0 radical (unpaired) electrons. The van der Waals surface area contributed by atoms with Gasteiger partial charge in [-0.1, -0.05) is 19.1 Å². The third-order valence-corrected chi connectivity index (χ3v) is 5.37. The molecule has 0 aliphatic rings. The number of nitrogens with one attached hydrogen (secondary N) is 1. The van der Waals surface area contributed by atoms with Crippen LogP contribution < -0.4 is 4.72 Å². The van der Waals surface area contributed by atoms with Crippen LogP contribution in [-0.2, 0) is 23.0 Å². The van der Waals surface area contributed by atoms with Gasteiger partial charge in [0.05, 0.1) is 17.1 Å². The molecule has 0 unspecified atom stereocenters. The second-order valence-corrected chi connectivity index (χ2v) is 7.36. The van der Waals surface area contributed by atoms with Crippen molar-refractivity contribution in [1.82, 2.24) is 19.5 Å². The smallest absolute Gasteiger partial charge is 0.240 e. The molecule has 0 aliphatic carbocycles. The zero-order valence-electron chi connectivity index (χ0n) is 14.0. The van der Waals surface area contributed by atoms with Crippen LogP contribution in [0.3, 0.4) is 0 Å². The van der Waals surface area contributed by atoms with Crippen molar-refractivity contribution in [2.75, 3.05) is 6.54 Å². The summed E-state index contributed by atoms with van der Waals surface area (Å²) in [5.41, 5.74) is 2.92. The number of aryl methyl sites for hydroxylation is 1. The van der Waals surface area contributed by atoms with Gasteiger partial charge >= 0.3 is 0 Å². The van der Waals surface area contributed by atoms with E-state index >= 15 is 0 Å². The lowest BCUT2D eigenvalue weighted by Gasteiger charge is -2.07. The summed E-state index contributed by atoms with van der Waals surface area (Å²) in [5.74, 6) is 0. The van der Waals surface area contributed by atoms with Gasteiger partial charge in [0.15, 0.2) is 0 Å². The first-order valence-electron chi connectivity index (χ1n) is 8.11. The molecule has 2 aromatic heterocycles. The zero-order chi connectivity index (χ0) is 17.7. The highest BCUT2D eigenvalue weighted by atomic mass is 32.2. The van der Waals surface area contributed by atoms with Crippen molar-refractivity contribution in [2.24, 2.45) is 0 Å². The van der Waals surface area contributed by atoms with Crippen LogP contribution in [0.25, 0.3) is 11.3 Å². The van der Waals surface area contributed by atoms with Gasteiger partial charge in [0, 0.05) is 30.7 Å². The van der Waals surface area contributed by atoms with Crippen LogP contribution >= 0.6 is 0 Å². The summed E-state index contributed by atoms with van der Waals surface area (Å²) in [7, 11) is -3.50. The molecule has 7 heteroatoms. The van der Waals surface area contributed by atoms with E-state index in [9.17, 15) is 8.42 Å². The number of nitrogens with zero attached hydrogens (tertiary/aromatic N) is 3. The van der Waals surface area contributed by atoms with E-state index in [2.05, 4.69) is 14.8 Å². The number of hydrogen-bond acceptors (Lipinski definition) is 4. The fourth-order valence-corrected chi connectivity index (χ4v) is 3.47. The second-order valence-electron chi connectivity index (χ2n) is 5.60. The predicted octanol–water partition coefficient (Wildman–Crippen LogP) is 2.49. The van der Waals surface area contributed by atoms with Gasteiger partial charge in [-0.05, 0) is 42.3 Å². The Morgan fingerprint density at radius 2 is 1.76 bits per heavy atom. The molecule has 0 fully saturated rings. The lowest BCUT2D eigenvalue weighted by atomic mass is 10.2. The maximum absolute atomic E-state index is 12.3. The molecule has 3 aromatic rings. The first-order chi connectivity index (χ1) is 12.1. The fourth-order valence-electron chi connectivity index (χ4n) is 2.45. The zero-order valence-corrected chi connectivity index (χ0v) is 14.8. The molecule has 0 amide bonds. The summed E-state index contributed by atoms with van der Waals surface area (Å²) in [6, 6.07) is 12.6. The molecule has 25 heavy (non-hydrogen) atoms. The van der Waals surface area contributed by atoms with Crippen LogP contribution in [0.15, 0.2) is 66.0 Å². The SMILES string of the molecule is CCc1ccc(S(=O)(=O)NCCn2ccc(-c3ccncc3)n2)cc1. The van der Waals surface area contributed by atoms with Crippen molar-refractivity contribution in [3.05, 3.63) is 66.6 Å². The highest BCUT2D eigenvalue weighted by molar-refractivity contribution is 7.89. The van der Waals surface area contributed by atoms with Gasteiger partial charge in [-0.15, -0.1) is 0 Å². The first kappa shape index (κ1) is 17.3. The Balaban J connectivity index is 1.59. The van der Waals surface area contributed by atoms with Crippen molar-refractivity contribution >= 4 is 10.0 Å². The summed E-state index contributed by atoms with van der Waals surface area (Å²) in [6.07, 6.45) is 6.14. The van der Waals surface area contributed by atoms with E-state index in [0.717, 1.165) is 23.2 Å². The van der Waals surface area contributed by atoms with Crippen molar-refractivity contribution in [3.8, 4) is 11.3 Å². The molecular weight excluding hydrogens is 336 g/mol. The summed E-state index contributed by atoms with van der Waals surface area (Å²) >= 11 is 0. The normalized spacial score (nSPS) is 11.6. The molecule has 0 saturated carbocycles. The van der Waals surface area contributed by atoms with E-state index in [0.29, 0.717) is 6.54 Å². The molecule has 0 saturated heterocycles. The van der Waals surface area contributed by atoms with E-state index in [-0.39, 0.29) is 11.4 Å². The van der Waals surface area contributed by atoms with Crippen LogP contribution in [0.1, 0.15) is 12.5 Å². The Morgan fingerprint density at radius 3 is 2.44 bits per heavy atom. The van der Waals surface area contributed by atoms with Crippen LogP contribution in [0.5, 0.6) is 0 Å². The van der Waals surface area contributed by atoms with Crippen molar-refractivity contribution in [1.29, 1.82) is 0 Å². The molecule has 6 nitrogen and oxygen atoms in total. The highest BCUT2D eigenvalue weighted by Gasteiger charge is 2.13. The van der Waals surface area contributed by atoms with E-state index < -0.39 is 10.0 Å². The Morgan fingerprint density at radius 1 is 1.04 bits per heavy atom. The largest absolute Gasteiger partial charge is 0.271 e. The minimum Gasteiger partial charge on any atom is -0.271 e. The van der Waals surface area contributed by atoms with Gasteiger partial charge in [0.25, 0.3) is 0 Å². The van der Waals surface area contributed by atoms with Gasteiger partial charge < -0.3 is 0 Å². The monoisotopic (exact) mass is 356 g/mol. The van der Waals surface area contributed by atoms with Gasteiger partial charge in [-0.25, -0.2) is 13.1 Å². The Hall–Kier alpha value is -2.51. The average molecular weight is 356 g/mol. The molecule has 0 aliphatic heterocycles. The van der Waals surface area contributed by atoms with Crippen LogP contribution in [-0.4, -0.2) is 29.7 Å². The lowest BCUT2D eigenvalue weighted by molar-refractivity contribution is 0.561. The van der Waals surface area contributed by atoms with Gasteiger partial charge in [-0.3, -0.25) is 9.67 Å². The van der Waals surface area contributed by atoms with E-state index in [1.807, 2.05) is 43.5 Å². The summed E-state index contributed by atoms with van der Waals surface area (Å²) in [4.78, 5) is 4.26. The molecule has 0 atom stereocenters. The second kappa shape index (κ2) is 7.58. The van der Waals surface area contributed by atoms with Crippen LogP contribution in [0.2, 0.25) is 0 Å². The average Bonchev–Trinajstić information content (AvgIpc) is 3.11. The van der Waals surface area contributed by atoms with Crippen molar-refractivity contribution < 1.29 is 8.42 Å². The standard InChI is InChI=1S/C18H20N4O2S/c1-2-15-3-5-17(6-4-15)25(23,24)20-12-14-22-13-9-18(21-22)16-7-10-19-11-8-16/h3-11,13,20H,2,12,14H2,1H3. The maximum Gasteiger partial charge on any atom is 0.240 e. The van der Waals surface area contributed by atoms with Crippen LogP contribution in [0, 0.1) is 0 Å². The number of sulfonamides is 1. The number of pyridine rings is 1. The van der Waals surface area contributed by atoms with Crippen molar-refractivity contribution in [2.45, 2.75) is 24.8 Å². The van der Waals surface area contributed by atoms with Gasteiger partial charge in [-0.2, -0.15) is 5.10 Å². The molecule has 1 aromatic carbocycles. The molecule has 0 spiro atoms. The molecular formula is C18H20N4O2S. The van der Waals surface area contributed by atoms with Crippen molar-refractivity contribution in [3.63, 3.8) is 0 Å². The predicted molar refractivity (Wildman–Crippen MR) is 96.5 cm³/mol. The number of benzene rings is 1. The third-order valence-electron chi connectivity index (χ3n) is 3.89.